The molecule has 0 spiro atoms. The van der Waals surface area contributed by atoms with Gasteiger partial charge in [0.25, 0.3) is 5.91 Å². The van der Waals surface area contributed by atoms with Crippen LogP contribution in [0.3, 0.4) is 0 Å². The fraction of sp³-hybridized carbons (Fsp3) is 0.476. The lowest BCUT2D eigenvalue weighted by atomic mass is 9.93. The van der Waals surface area contributed by atoms with Gasteiger partial charge in [0.15, 0.2) is 16.0 Å². The first-order valence-corrected chi connectivity index (χ1v) is 11.1. The minimum atomic E-state index is -1.91. The number of nitrogens with zero attached hydrogens (tertiary/aromatic N) is 2. The summed E-state index contributed by atoms with van der Waals surface area (Å²) in [5.74, 6) is 0.102. The Kier molecular flexibility index (Phi) is 7.77. The normalized spacial score (nSPS) is 12.3. The Hall–Kier alpha value is -2.68. The Morgan fingerprint density at radius 2 is 1.60 bits per heavy atom. The molecule has 0 aliphatic carbocycles. The molecule has 9 heteroatoms. The minimum Gasteiger partial charge on any atom is -0.349 e. The molecule has 1 atom stereocenters. The van der Waals surface area contributed by atoms with Gasteiger partial charge in [0.2, 0.25) is 0 Å². The molecule has 2 aromatic rings. The predicted octanol–water partition coefficient (Wildman–Crippen LogP) is 3.65. The number of aromatic nitrogens is 2. The number of anilines is 1. The van der Waals surface area contributed by atoms with Crippen molar-refractivity contribution < 1.29 is 13.8 Å². The molecule has 8 nitrogen and oxygen atoms in total. The number of urea groups is 1. The number of hydrogen-bond acceptors (Lipinski definition) is 4. The van der Waals surface area contributed by atoms with Crippen molar-refractivity contribution in [1.29, 1.82) is 0 Å². The summed E-state index contributed by atoms with van der Waals surface area (Å²) < 4.78 is 16.4. The summed E-state index contributed by atoms with van der Waals surface area (Å²) in [6, 6.07) is 6.70. The topological polar surface area (TPSA) is 105 Å². The Morgan fingerprint density at radius 1 is 1.03 bits per heavy atom. The van der Waals surface area contributed by atoms with E-state index in [1.807, 2.05) is 32.0 Å². The van der Waals surface area contributed by atoms with Crippen LogP contribution in [0.4, 0.5) is 10.5 Å². The molecular formula is C21H31N5O3S. The molecule has 30 heavy (non-hydrogen) atoms. The van der Waals surface area contributed by atoms with Crippen LogP contribution in [-0.2, 0) is 18.0 Å². The zero-order valence-electron chi connectivity index (χ0n) is 18.6. The van der Waals surface area contributed by atoms with Crippen molar-refractivity contribution in [2.45, 2.75) is 64.4 Å². The van der Waals surface area contributed by atoms with Gasteiger partial charge in [0.05, 0.1) is 0 Å². The standard InChI is InChI=1S/C21H31N5O3S/c1-12(2)15-9-8-10-16(13(3)4)19(15)23-21(28)25-30(29)18-11-17(26(7)24-18)20(27)22-14(5)6/h8-14H,1-7H3,(H,22,27)(H2,23,25,28). The third kappa shape index (κ3) is 5.69. The highest BCUT2D eigenvalue weighted by molar-refractivity contribution is 7.83. The van der Waals surface area contributed by atoms with Crippen molar-refractivity contribution in [3.05, 3.63) is 41.1 Å². The molecule has 1 unspecified atom stereocenters. The van der Waals surface area contributed by atoms with E-state index >= 15 is 0 Å². The van der Waals surface area contributed by atoms with Crippen LogP contribution in [0.15, 0.2) is 29.3 Å². The molecule has 1 aromatic carbocycles. The van der Waals surface area contributed by atoms with Crippen molar-refractivity contribution in [2.75, 3.05) is 5.32 Å². The maximum atomic E-state index is 12.6. The van der Waals surface area contributed by atoms with Gasteiger partial charge in [-0.15, -0.1) is 0 Å². The van der Waals surface area contributed by atoms with Gasteiger partial charge in [0.1, 0.15) is 5.69 Å². The highest BCUT2D eigenvalue weighted by Crippen LogP contribution is 2.32. The summed E-state index contributed by atoms with van der Waals surface area (Å²) >= 11 is 0. The Labute approximate surface area is 180 Å². The second-order valence-electron chi connectivity index (χ2n) is 8.07. The molecule has 164 valence electrons. The first-order chi connectivity index (χ1) is 14.0. The van der Waals surface area contributed by atoms with Gasteiger partial charge < -0.3 is 10.6 Å². The summed E-state index contributed by atoms with van der Waals surface area (Å²) in [5, 5.41) is 9.82. The molecule has 0 radical (unpaired) electrons. The zero-order chi connectivity index (χ0) is 22.6. The second-order valence-corrected chi connectivity index (χ2v) is 9.23. The molecule has 0 saturated carbocycles. The van der Waals surface area contributed by atoms with E-state index in [-0.39, 0.29) is 34.5 Å². The molecule has 2 rings (SSSR count). The highest BCUT2D eigenvalue weighted by Gasteiger charge is 2.20. The molecule has 1 aromatic heterocycles. The molecule has 0 aliphatic heterocycles. The monoisotopic (exact) mass is 433 g/mol. The van der Waals surface area contributed by atoms with Crippen LogP contribution < -0.4 is 15.4 Å². The van der Waals surface area contributed by atoms with E-state index in [0.717, 1.165) is 16.8 Å². The number of carbonyl (C=O) groups excluding carboxylic acids is 2. The van der Waals surface area contributed by atoms with Crippen molar-refractivity contribution in [1.82, 2.24) is 19.8 Å². The van der Waals surface area contributed by atoms with Crippen LogP contribution in [0.25, 0.3) is 0 Å². The third-order valence-corrected chi connectivity index (χ3v) is 5.45. The van der Waals surface area contributed by atoms with Gasteiger partial charge in [-0.3, -0.25) is 14.2 Å². The van der Waals surface area contributed by atoms with E-state index in [1.54, 1.807) is 7.05 Å². The summed E-state index contributed by atoms with van der Waals surface area (Å²) in [5.41, 5.74) is 3.01. The Balaban J connectivity index is 2.18. The van der Waals surface area contributed by atoms with Crippen LogP contribution in [0.1, 0.15) is 75.0 Å². The number of amides is 3. The van der Waals surface area contributed by atoms with Crippen LogP contribution in [0, 0.1) is 0 Å². The first-order valence-electron chi connectivity index (χ1n) is 9.98. The van der Waals surface area contributed by atoms with E-state index in [0.29, 0.717) is 0 Å². The molecule has 0 fully saturated rings. The third-order valence-electron chi connectivity index (χ3n) is 4.50. The number of benzene rings is 1. The summed E-state index contributed by atoms with van der Waals surface area (Å²) in [6.45, 7) is 11.9. The van der Waals surface area contributed by atoms with Crippen molar-refractivity contribution >= 4 is 28.6 Å². The van der Waals surface area contributed by atoms with E-state index in [1.165, 1.54) is 10.7 Å². The maximum Gasteiger partial charge on any atom is 0.331 e. The van der Waals surface area contributed by atoms with E-state index in [2.05, 4.69) is 48.1 Å². The van der Waals surface area contributed by atoms with Crippen LogP contribution in [0.2, 0.25) is 0 Å². The van der Waals surface area contributed by atoms with Crippen molar-refractivity contribution in [2.24, 2.45) is 7.05 Å². The molecule has 0 saturated heterocycles. The number of carbonyl (C=O) groups is 2. The van der Waals surface area contributed by atoms with Gasteiger partial charge in [-0.25, -0.2) is 9.00 Å². The summed E-state index contributed by atoms with van der Waals surface area (Å²) in [6.07, 6.45) is 0. The van der Waals surface area contributed by atoms with Crippen molar-refractivity contribution in [3.63, 3.8) is 0 Å². The predicted molar refractivity (Wildman–Crippen MR) is 119 cm³/mol. The van der Waals surface area contributed by atoms with Crippen LogP contribution in [-0.4, -0.2) is 32.0 Å². The van der Waals surface area contributed by atoms with Gasteiger partial charge in [0, 0.05) is 24.8 Å². The second kappa shape index (κ2) is 9.88. The molecular weight excluding hydrogens is 402 g/mol. The number of nitrogens with one attached hydrogen (secondary N) is 3. The first kappa shape index (κ1) is 23.6. The number of aryl methyl sites for hydroxylation is 1. The lowest BCUT2D eigenvalue weighted by Gasteiger charge is -2.20. The summed E-state index contributed by atoms with van der Waals surface area (Å²) in [4.78, 5) is 24.8. The molecule has 3 amide bonds. The minimum absolute atomic E-state index is 0.0403. The molecule has 3 N–H and O–H groups in total. The van der Waals surface area contributed by atoms with Gasteiger partial charge in [-0.1, -0.05) is 45.9 Å². The molecule has 0 aliphatic rings. The van der Waals surface area contributed by atoms with Gasteiger partial charge >= 0.3 is 6.03 Å². The highest BCUT2D eigenvalue weighted by atomic mass is 32.2. The average Bonchev–Trinajstić information content (AvgIpc) is 3.02. The number of rotatable bonds is 7. The maximum absolute atomic E-state index is 12.6. The number of hydrogen-bond donors (Lipinski definition) is 3. The van der Waals surface area contributed by atoms with E-state index in [9.17, 15) is 13.8 Å². The van der Waals surface area contributed by atoms with Gasteiger partial charge in [-0.2, -0.15) is 5.10 Å². The fourth-order valence-corrected chi connectivity index (χ4v) is 3.79. The smallest absolute Gasteiger partial charge is 0.331 e. The van der Waals surface area contributed by atoms with Crippen LogP contribution in [0.5, 0.6) is 0 Å². The van der Waals surface area contributed by atoms with Crippen LogP contribution >= 0.6 is 0 Å². The van der Waals surface area contributed by atoms with Crippen molar-refractivity contribution in [3.8, 4) is 0 Å². The largest absolute Gasteiger partial charge is 0.349 e. The van der Waals surface area contributed by atoms with E-state index in [4.69, 9.17) is 0 Å². The quantitative estimate of drug-likeness (QED) is 0.620. The lowest BCUT2D eigenvalue weighted by molar-refractivity contribution is 0.0933. The fourth-order valence-electron chi connectivity index (χ4n) is 3.05. The average molecular weight is 434 g/mol. The zero-order valence-corrected chi connectivity index (χ0v) is 19.4. The molecule has 0 bridgehead atoms. The SMILES string of the molecule is CC(C)NC(=O)c1cc(S(=O)NC(=O)Nc2c(C(C)C)cccc2C(C)C)nn1C. The van der Waals surface area contributed by atoms with Gasteiger partial charge in [-0.05, 0) is 36.8 Å². The Morgan fingerprint density at radius 3 is 2.10 bits per heavy atom. The Bertz CT molecular complexity index is 924. The summed E-state index contributed by atoms with van der Waals surface area (Å²) in [7, 11) is -0.327. The lowest BCUT2D eigenvalue weighted by Crippen LogP contribution is -2.31. The van der Waals surface area contributed by atoms with E-state index < -0.39 is 17.0 Å². The molecule has 1 heterocycles. The number of para-hydroxylation sites is 1.